The van der Waals surface area contributed by atoms with Gasteiger partial charge in [0.15, 0.2) is 5.78 Å². The molecule has 1 fully saturated rings. The Kier molecular flexibility index (Phi) is 2.37. The Morgan fingerprint density at radius 2 is 2.43 bits per heavy atom. The van der Waals surface area contributed by atoms with Crippen molar-refractivity contribution in [3.8, 4) is 0 Å². The van der Waals surface area contributed by atoms with Gasteiger partial charge < -0.3 is 5.32 Å². The summed E-state index contributed by atoms with van der Waals surface area (Å²) in [6.07, 6.45) is 4.18. The molecule has 4 heteroatoms. The molecule has 0 amide bonds. The van der Waals surface area contributed by atoms with Gasteiger partial charge in [0.05, 0.1) is 17.8 Å². The van der Waals surface area contributed by atoms with Gasteiger partial charge in [-0.2, -0.15) is 5.10 Å². The van der Waals surface area contributed by atoms with E-state index in [2.05, 4.69) is 10.4 Å². The van der Waals surface area contributed by atoms with Gasteiger partial charge in [0, 0.05) is 19.2 Å². The topological polar surface area (TPSA) is 46.9 Å². The first-order chi connectivity index (χ1) is 6.72. The van der Waals surface area contributed by atoms with Gasteiger partial charge in [-0.05, 0) is 19.9 Å². The quantitative estimate of drug-likeness (QED) is 0.716. The van der Waals surface area contributed by atoms with Crippen molar-refractivity contribution >= 4 is 5.78 Å². The number of hydrogen-bond donors (Lipinski definition) is 1. The number of aromatic nitrogens is 2. The summed E-state index contributed by atoms with van der Waals surface area (Å²) in [4.78, 5) is 11.7. The number of hydrogen-bond acceptors (Lipinski definition) is 3. The minimum absolute atomic E-state index is 0.141. The highest BCUT2D eigenvalue weighted by atomic mass is 16.1. The third-order valence-electron chi connectivity index (χ3n) is 2.46. The maximum Gasteiger partial charge on any atom is 0.180 e. The highest BCUT2D eigenvalue weighted by Gasteiger charge is 2.30. The normalized spacial score (nSPS) is 15.9. The fraction of sp³-hybridized carbons (Fsp3) is 0.600. The van der Waals surface area contributed by atoms with Gasteiger partial charge in [0.2, 0.25) is 0 Å². The van der Waals surface area contributed by atoms with Crippen LogP contribution in [0.4, 0.5) is 0 Å². The van der Waals surface area contributed by atoms with Crippen LogP contribution in [0.2, 0.25) is 0 Å². The molecule has 0 atom stereocenters. The maximum absolute atomic E-state index is 11.7. The summed E-state index contributed by atoms with van der Waals surface area (Å²) in [5.41, 5.74) is 1.79. The minimum Gasteiger partial charge on any atom is -0.313 e. The largest absolute Gasteiger partial charge is 0.313 e. The van der Waals surface area contributed by atoms with Crippen LogP contribution in [0, 0.1) is 0 Å². The van der Waals surface area contributed by atoms with E-state index in [4.69, 9.17) is 0 Å². The Balaban J connectivity index is 2.26. The van der Waals surface area contributed by atoms with Gasteiger partial charge in [0.25, 0.3) is 0 Å². The molecule has 0 saturated heterocycles. The van der Waals surface area contributed by atoms with Crippen molar-refractivity contribution in [3.05, 3.63) is 17.5 Å². The second kappa shape index (κ2) is 3.53. The summed E-state index contributed by atoms with van der Waals surface area (Å²) in [5, 5.41) is 7.22. The summed E-state index contributed by atoms with van der Waals surface area (Å²) in [6, 6.07) is 0. The van der Waals surface area contributed by atoms with Gasteiger partial charge in [0.1, 0.15) is 0 Å². The molecule has 2 rings (SSSR count). The van der Waals surface area contributed by atoms with Crippen molar-refractivity contribution in [1.82, 2.24) is 15.1 Å². The molecule has 0 spiro atoms. The fourth-order valence-corrected chi connectivity index (χ4v) is 1.63. The SMILES string of the molecule is CNCC(=O)c1cn(C)nc1C1CC1. The Labute approximate surface area is 83.3 Å². The number of likely N-dealkylation sites (N-methyl/N-ethyl adjacent to an activating group) is 1. The van der Waals surface area contributed by atoms with Crippen molar-refractivity contribution in [3.63, 3.8) is 0 Å². The molecule has 1 heterocycles. The number of nitrogens with one attached hydrogen (secondary N) is 1. The molecular weight excluding hydrogens is 178 g/mol. The molecule has 0 bridgehead atoms. The van der Waals surface area contributed by atoms with Crippen LogP contribution in [0.25, 0.3) is 0 Å². The molecule has 0 unspecified atom stereocenters. The molecule has 1 aromatic rings. The van der Waals surface area contributed by atoms with Crippen molar-refractivity contribution in [2.45, 2.75) is 18.8 Å². The lowest BCUT2D eigenvalue weighted by molar-refractivity contribution is 0.0992. The van der Waals surface area contributed by atoms with Crippen LogP contribution in [0.15, 0.2) is 6.20 Å². The van der Waals surface area contributed by atoms with Gasteiger partial charge in [-0.3, -0.25) is 9.48 Å². The van der Waals surface area contributed by atoms with Crippen LogP contribution < -0.4 is 5.32 Å². The maximum atomic E-state index is 11.7. The van der Waals surface area contributed by atoms with Crippen LogP contribution in [0.5, 0.6) is 0 Å². The zero-order valence-corrected chi connectivity index (χ0v) is 8.58. The molecule has 1 aliphatic rings. The molecule has 4 nitrogen and oxygen atoms in total. The molecule has 1 aliphatic carbocycles. The third kappa shape index (κ3) is 1.70. The standard InChI is InChI=1S/C10H15N3O/c1-11-5-9(14)8-6-13(2)12-10(8)7-3-4-7/h6-7,11H,3-5H2,1-2H3. The molecular formula is C10H15N3O. The number of carbonyl (C=O) groups is 1. The minimum atomic E-state index is 0.141. The predicted octanol–water partition coefficient (Wildman–Crippen LogP) is 0.700. The first-order valence-electron chi connectivity index (χ1n) is 4.93. The second-order valence-corrected chi connectivity index (χ2v) is 3.83. The number of nitrogens with zero attached hydrogens (tertiary/aromatic N) is 2. The van der Waals surface area contributed by atoms with E-state index in [0.29, 0.717) is 12.5 Å². The third-order valence-corrected chi connectivity index (χ3v) is 2.46. The lowest BCUT2D eigenvalue weighted by atomic mass is 10.1. The molecule has 14 heavy (non-hydrogen) atoms. The summed E-state index contributed by atoms with van der Waals surface area (Å²) >= 11 is 0. The molecule has 1 saturated carbocycles. The zero-order chi connectivity index (χ0) is 10.1. The highest BCUT2D eigenvalue weighted by molar-refractivity contribution is 5.98. The predicted molar refractivity (Wildman–Crippen MR) is 53.4 cm³/mol. The van der Waals surface area contributed by atoms with E-state index in [1.54, 1.807) is 11.7 Å². The van der Waals surface area contributed by atoms with Crippen LogP contribution in [-0.4, -0.2) is 29.2 Å². The lowest BCUT2D eigenvalue weighted by Crippen LogP contribution is -2.19. The number of rotatable bonds is 4. The van der Waals surface area contributed by atoms with Gasteiger partial charge in [-0.15, -0.1) is 0 Å². The monoisotopic (exact) mass is 193 g/mol. The summed E-state index contributed by atoms with van der Waals surface area (Å²) < 4.78 is 1.73. The van der Waals surface area contributed by atoms with E-state index >= 15 is 0 Å². The smallest absolute Gasteiger partial charge is 0.180 e. The molecule has 0 aromatic carbocycles. The van der Waals surface area contributed by atoms with Gasteiger partial charge in [-0.25, -0.2) is 0 Å². The zero-order valence-electron chi connectivity index (χ0n) is 8.58. The Bertz CT molecular complexity index is 352. The summed E-state index contributed by atoms with van der Waals surface area (Å²) in [7, 11) is 3.65. The molecule has 0 radical (unpaired) electrons. The number of carbonyl (C=O) groups excluding carboxylic acids is 1. The van der Waals surface area contributed by atoms with Gasteiger partial charge in [-0.1, -0.05) is 0 Å². The van der Waals surface area contributed by atoms with E-state index in [-0.39, 0.29) is 5.78 Å². The summed E-state index contributed by atoms with van der Waals surface area (Å²) in [5.74, 6) is 0.675. The van der Waals surface area contributed by atoms with E-state index in [0.717, 1.165) is 11.3 Å². The average Bonchev–Trinajstić information content (AvgIpc) is 2.90. The fourth-order valence-electron chi connectivity index (χ4n) is 1.63. The average molecular weight is 193 g/mol. The van der Waals surface area contributed by atoms with Crippen molar-refractivity contribution in [1.29, 1.82) is 0 Å². The van der Waals surface area contributed by atoms with Crippen molar-refractivity contribution in [2.75, 3.05) is 13.6 Å². The number of Topliss-reactive ketones (excluding diaryl/α,β-unsaturated/α-hetero) is 1. The van der Waals surface area contributed by atoms with E-state index in [9.17, 15) is 4.79 Å². The van der Waals surface area contributed by atoms with Crippen LogP contribution in [0.1, 0.15) is 34.8 Å². The molecule has 0 aliphatic heterocycles. The molecule has 76 valence electrons. The van der Waals surface area contributed by atoms with Crippen molar-refractivity contribution < 1.29 is 4.79 Å². The highest BCUT2D eigenvalue weighted by Crippen LogP contribution is 2.40. The summed E-state index contributed by atoms with van der Waals surface area (Å²) in [6.45, 7) is 0.394. The van der Waals surface area contributed by atoms with Crippen LogP contribution in [0.3, 0.4) is 0 Å². The van der Waals surface area contributed by atoms with Crippen molar-refractivity contribution in [2.24, 2.45) is 7.05 Å². The first kappa shape index (κ1) is 9.40. The Morgan fingerprint density at radius 1 is 1.71 bits per heavy atom. The Morgan fingerprint density at radius 3 is 3.00 bits per heavy atom. The Hall–Kier alpha value is -1.16. The molecule has 1 N–H and O–H groups in total. The first-order valence-corrected chi connectivity index (χ1v) is 4.93. The number of aryl methyl sites for hydroxylation is 1. The number of ketones is 1. The van der Waals surface area contributed by atoms with E-state index in [1.165, 1.54) is 12.8 Å². The van der Waals surface area contributed by atoms with E-state index < -0.39 is 0 Å². The lowest BCUT2D eigenvalue weighted by Gasteiger charge is -1.98. The molecule has 1 aromatic heterocycles. The van der Waals surface area contributed by atoms with Crippen LogP contribution >= 0.6 is 0 Å². The second-order valence-electron chi connectivity index (χ2n) is 3.83. The van der Waals surface area contributed by atoms with Gasteiger partial charge >= 0.3 is 0 Å². The van der Waals surface area contributed by atoms with E-state index in [1.807, 2.05) is 13.2 Å². The van der Waals surface area contributed by atoms with Crippen LogP contribution in [-0.2, 0) is 7.05 Å².